The number of pyridine rings is 1. The van der Waals surface area contributed by atoms with Crippen LogP contribution in [0.15, 0.2) is 35.5 Å². The first-order valence-corrected chi connectivity index (χ1v) is 10.5. The standard InChI is InChI=1S/C22H19FN6O2/c1-12-4-14(16-7-24-11-31-16)25-6-15(12)27-19-26-5-13-17(28-19)29(18(30)22(13)2-3-22)21-8-20(23,9-21)10-21/h4-7,11H,2-3,8-10H2,1H3,(H,26,27,28). The Bertz CT molecular complexity index is 1250. The number of alkyl halides is 1. The minimum Gasteiger partial charge on any atom is -0.442 e. The highest BCUT2D eigenvalue weighted by Gasteiger charge is 2.76. The Hall–Kier alpha value is -3.36. The van der Waals surface area contributed by atoms with Crippen LogP contribution in [0.2, 0.25) is 0 Å². The molecule has 3 aromatic rings. The van der Waals surface area contributed by atoms with Gasteiger partial charge in [-0.3, -0.25) is 14.7 Å². The molecule has 1 aliphatic heterocycles. The van der Waals surface area contributed by atoms with Gasteiger partial charge >= 0.3 is 0 Å². The molecular weight excluding hydrogens is 399 g/mol. The van der Waals surface area contributed by atoms with Crippen LogP contribution in [0, 0.1) is 6.92 Å². The van der Waals surface area contributed by atoms with Gasteiger partial charge in [0.25, 0.3) is 0 Å². The van der Waals surface area contributed by atoms with Gasteiger partial charge in [0.1, 0.15) is 17.2 Å². The zero-order valence-electron chi connectivity index (χ0n) is 16.9. The van der Waals surface area contributed by atoms with Gasteiger partial charge in [-0.1, -0.05) is 0 Å². The zero-order valence-corrected chi connectivity index (χ0v) is 16.9. The number of aryl methyl sites for hydroxylation is 1. The van der Waals surface area contributed by atoms with Crippen molar-refractivity contribution >= 4 is 23.4 Å². The first-order chi connectivity index (χ1) is 14.9. The van der Waals surface area contributed by atoms with Crippen LogP contribution in [-0.4, -0.2) is 37.1 Å². The fourth-order valence-corrected chi connectivity index (χ4v) is 5.55. The van der Waals surface area contributed by atoms with Crippen LogP contribution in [0.1, 0.15) is 43.2 Å². The Balaban J connectivity index is 1.23. The molecule has 4 aliphatic carbocycles. The van der Waals surface area contributed by atoms with E-state index in [1.165, 1.54) is 6.39 Å². The maximum absolute atomic E-state index is 14.2. The molecule has 4 heterocycles. The van der Waals surface area contributed by atoms with Crippen molar-refractivity contribution in [2.24, 2.45) is 0 Å². The van der Waals surface area contributed by atoms with E-state index in [1.54, 1.807) is 23.5 Å². The number of rotatable bonds is 4. The van der Waals surface area contributed by atoms with Gasteiger partial charge < -0.3 is 9.73 Å². The van der Waals surface area contributed by atoms with E-state index >= 15 is 0 Å². The third kappa shape index (κ3) is 2.15. The number of hydrogen-bond acceptors (Lipinski definition) is 7. The van der Waals surface area contributed by atoms with Crippen molar-refractivity contribution in [1.82, 2.24) is 19.9 Å². The molecule has 31 heavy (non-hydrogen) atoms. The Labute approximate surface area is 176 Å². The highest BCUT2D eigenvalue weighted by molar-refractivity contribution is 6.10. The zero-order chi connectivity index (χ0) is 21.0. The van der Waals surface area contributed by atoms with Crippen LogP contribution in [0.4, 0.5) is 21.8 Å². The molecule has 3 aromatic heterocycles. The topological polar surface area (TPSA) is 97.0 Å². The van der Waals surface area contributed by atoms with E-state index < -0.39 is 16.6 Å². The maximum Gasteiger partial charge on any atom is 0.239 e. The monoisotopic (exact) mass is 418 g/mol. The molecule has 1 amide bonds. The van der Waals surface area contributed by atoms with Gasteiger partial charge in [-0.15, -0.1) is 0 Å². The minimum atomic E-state index is -1.08. The lowest BCUT2D eigenvalue weighted by Crippen LogP contribution is -2.78. The second kappa shape index (κ2) is 5.27. The lowest BCUT2D eigenvalue weighted by molar-refractivity contribution is -0.160. The average Bonchev–Trinajstić information content (AvgIpc) is 3.25. The maximum atomic E-state index is 14.2. The van der Waals surface area contributed by atoms with Crippen molar-refractivity contribution in [3.8, 4) is 11.5 Å². The number of hydrogen-bond donors (Lipinski definition) is 1. The fraction of sp³-hybridized carbons (Fsp3) is 0.409. The molecule has 0 saturated heterocycles. The van der Waals surface area contributed by atoms with Crippen molar-refractivity contribution in [3.63, 3.8) is 0 Å². The summed E-state index contributed by atoms with van der Waals surface area (Å²) in [6.07, 6.45) is 9.32. The summed E-state index contributed by atoms with van der Waals surface area (Å²) < 4.78 is 19.5. The molecule has 9 heteroatoms. The molecule has 1 spiro atoms. The highest BCUT2D eigenvalue weighted by Crippen LogP contribution is 2.70. The molecule has 0 unspecified atom stereocenters. The molecule has 8 nitrogen and oxygen atoms in total. The van der Waals surface area contributed by atoms with E-state index in [4.69, 9.17) is 9.40 Å². The molecule has 8 rings (SSSR count). The third-order valence-electron chi connectivity index (χ3n) is 7.31. The van der Waals surface area contributed by atoms with Gasteiger partial charge in [0.05, 0.1) is 29.0 Å². The predicted molar refractivity (Wildman–Crippen MR) is 109 cm³/mol. The Morgan fingerprint density at radius 1 is 1.16 bits per heavy atom. The van der Waals surface area contributed by atoms with Gasteiger partial charge in [0, 0.05) is 31.0 Å². The van der Waals surface area contributed by atoms with Gasteiger partial charge in [0.2, 0.25) is 11.9 Å². The summed E-state index contributed by atoms with van der Waals surface area (Å²) >= 11 is 0. The third-order valence-corrected chi connectivity index (χ3v) is 7.31. The Morgan fingerprint density at radius 2 is 1.97 bits per heavy atom. The second-order valence-corrected chi connectivity index (χ2v) is 9.43. The normalized spacial score (nSPS) is 28.8. The number of fused-ring (bicyclic) bond motifs is 2. The predicted octanol–water partition coefficient (Wildman–Crippen LogP) is 3.60. The molecule has 2 bridgehead atoms. The molecule has 4 fully saturated rings. The number of aromatic nitrogens is 4. The summed E-state index contributed by atoms with van der Waals surface area (Å²) in [6, 6.07) is 1.90. The van der Waals surface area contributed by atoms with Crippen LogP contribution in [0.25, 0.3) is 11.5 Å². The Morgan fingerprint density at radius 3 is 2.61 bits per heavy atom. The van der Waals surface area contributed by atoms with E-state index in [2.05, 4.69) is 20.3 Å². The van der Waals surface area contributed by atoms with E-state index in [9.17, 15) is 9.18 Å². The van der Waals surface area contributed by atoms with E-state index in [0.717, 1.165) is 29.7 Å². The van der Waals surface area contributed by atoms with Crippen molar-refractivity contribution in [2.75, 3.05) is 10.2 Å². The summed E-state index contributed by atoms with van der Waals surface area (Å²) in [5.41, 5.74) is 1.31. The molecule has 5 aliphatic rings. The van der Waals surface area contributed by atoms with Gasteiger partial charge in [0.15, 0.2) is 12.2 Å². The quantitative estimate of drug-likeness (QED) is 0.691. The number of oxazole rings is 1. The van der Waals surface area contributed by atoms with Crippen molar-refractivity contribution < 1.29 is 13.6 Å². The smallest absolute Gasteiger partial charge is 0.239 e. The van der Waals surface area contributed by atoms with E-state index in [0.29, 0.717) is 42.5 Å². The number of halogens is 1. The number of carbonyl (C=O) groups is 1. The van der Waals surface area contributed by atoms with E-state index in [1.807, 2.05) is 13.0 Å². The van der Waals surface area contributed by atoms with Gasteiger partial charge in [-0.05, 0) is 31.4 Å². The number of anilines is 3. The molecule has 0 aromatic carbocycles. The fourth-order valence-electron chi connectivity index (χ4n) is 5.55. The first kappa shape index (κ1) is 17.3. The summed E-state index contributed by atoms with van der Waals surface area (Å²) in [6.45, 7) is 1.95. The van der Waals surface area contributed by atoms with Crippen LogP contribution in [-0.2, 0) is 10.2 Å². The molecular formula is C22H19FN6O2. The number of amides is 1. The first-order valence-electron chi connectivity index (χ1n) is 10.5. The van der Waals surface area contributed by atoms with Crippen LogP contribution >= 0.6 is 0 Å². The van der Waals surface area contributed by atoms with Crippen molar-refractivity contribution in [1.29, 1.82) is 0 Å². The second-order valence-electron chi connectivity index (χ2n) is 9.43. The number of nitrogens with zero attached hydrogens (tertiary/aromatic N) is 5. The van der Waals surface area contributed by atoms with Crippen LogP contribution in [0.5, 0.6) is 0 Å². The molecule has 4 saturated carbocycles. The summed E-state index contributed by atoms with van der Waals surface area (Å²) in [5, 5.41) is 3.22. The van der Waals surface area contributed by atoms with Crippen LogP contribution < -0.4 is 10.2 Å². The molecule has 156 valence electrons. The Kier molecular flexibility index (Phi) is 2.95. The molecule has 0 atom stereocenters. The van der Waals surface area contributed by atoms with Crippen LogP contribution in [0.3, 0.4) is 0 Å². The SMILES string of the molecule is Cc1cc(-c2cnco2)ncc1Nc1ncc2c(n1)N(C13CC(F)(C1)C3)C(=O)C21CC1. The molecule has 0 radical (unpaired) electrons. The van der Waals surface area contributed by atoms with Gasteiger partial charge in [-0.2, -0.15) is 4.98 Å². The number of carbonyl (C=O) groups excluding carboxylic acids is 1. The van der Waals surface area contributed by atoms with Crippen molar-refractivity contribution in [3.05, 3.63) is 42.2 Å². The van der Waals surface area contributed by atoms with Crippen molar-refractivity contribution in [2.45, 2.75) is 55.7 Å². The number of nitrogens with one attached hydrogen (secondary N) is 1. The highest BCUT2D eigenvalue weighted by atomic mass is 19.1. The van der Waals surface area contributed by atoms with E-state index in [-0.39, 0.29) is 5.91 Å². The summed E-state index contributed by atoms with van der Waals surface area (Å²) in [4.78, 5) is 32.6. The largest absolute Gasteiger partial charge is 0.442 e. The lowest BCUT2D eigenvalue weighted by Gasteiger charge is -2.68. The molecule has 1 N–H and O–H groups in total. The summed E-state index contributed by atoms with van der Waals surface area (Å²) in [7, 11) is 0. The average molecular weight is 418 g/mol. The van der Waals surface area contributed by atoms with Gasteiger partial charge in [-0.25, -0.2) is 14.4 Å². The lowest BCUT2D eigenvalue weighted by atomic mass is 9.46. The minimum absolute atomic E-state index is 0.0740. The summed E-state index contributed by atoms with van der Waals surface area (Å²) in [5.74, 6) is 1.71.